The molecule has 5 heteroatoms. The van der Waals surface area contributed by atoms with Crippen LogP contribution in [-0.4, -0.2) is 17.6 Å². The molecule has 0 aromatic heterocycles. The van der Waals surface area contributed by atoms with E-state index in [-0.39, 0.29) is 5.82 Å². The second kappa shape index (κ2) is 5.74. The molecule has 0 saturated heterocycles. The van der Waals surface area contributed by atoms with E-state index < -0.39 is 23.5 Å². The molecule has 1 heterocycles. The van der Waals surface area contributed by atoms with E-state index in [2.05, 4.69) is 0 Å². The van der Waals surface area contributed by atoms with Crippen LogP contribution in [-0.2, 0) is 9.53 Å². The number of amides is 2. The highest BCUT2D eigenvalue weighted by molar-refractivity contribution is 6.20. The van der Waals surface area contributed by atoms with Crippen LogP contribution in [0.3, 0.4) is 0 Å². The van der Waals surface area contributed by atoms with Crippen LogP contribution in [0.25, 0.3) is 0 Å². The monoisotopic (exact) mass is 327 g/mol. The number of carbonyl (C=O) groups excluding carboxylic acids is 2. The molecule has 2 amide bonds. The van der Waals surface area contributed by atoms with Crippen LogP contribution in [0.2, 0.25) is 0 Å². The fraction of sp³-hybridized carbons (Fsp3) is 0.263. The van der Waals surface area contributed by atoms with Crippen molar-refractivity contribution in [2.75, 3.05) is 4.90 Å². The maximum atomic E-state index is 13.2. The van der Waals surface area contributed by atoms with Crippen LogP contribution in [0.15, 0.2) is 48.5 Å². The molecule has 1 atom stereocenters. The predicted octanol–water partition coefficient (Wildman–Crippen LogP) is 4.24. The van der Waals surface area contributed by atoms with Gasteiger partial charge >= 0.3 is 6.09 Å². The van der Waals surface area contributed by atoms with Crippen molar-refractivity contribution in [3.63, 3.8) is 0 Å². The smallest absolute Gasteiger partial charge is 0.421 e. The zero-order valence-electron chi connectivity index (χ0n) is 13.7. The van der Waals surface area contributed by atoms with Gasteiger partial charge in [-0.05, 0) is 50.1 Å². The normalized spacial score (nSPS) is 16.9. The number of rotatable bonds is 1. The lowest BCUT2D eigenvalue weighted by Crippen LogP contribution is -2.39. The highest BCUT2D eigenvalue weighted by Gasteiger charge is 2.43. The van der Waals surface area contributed by atoms with Crippen molar-refractivity contribution in [3.8, 4) is 0 Å². The molecule has 1 unspecified atom stereocenters. The Bertz CT molecular complexity index is 793. The largest absolute Gasteiger partial charge is 0.443 e. The number of imide groups is 1. The van der Waals surface area contributed by atoms with Gasteiger partial charge in [-0.1, -0.05) is 30.3 Å². The van der Waals surface area contributed by atoms with E-state index in [1.807, 2.05) is 0 Å². The Morgan fingerprint density at radius 1 is 1.08 bits per heavy atom. The van der Waals surface area contributed by atoms with E-state index in [1.54, 1.807) is 57.2 Å². The van der Waals surface area contributed by atoms with Crippen LogP contribution in [0.5, 0.6) is 0 Å². The van der Waals surface area contributed by atoms with Gasteiger partial charge in [-0.25, -0.2) is 14.1 Å². The molecular formula is C19H18FNO3. The summed E-state index contributed by atoms with van der Waals surface area (Å²) in [6.07, 6.45) is -0.704. The molecule has 0 N–H and O–H groups in total. The number of ether oxygens (including phenoxy) is 1. The lowest BCUT2D eigenvalue weighted by molar-refractivity contribution is -0.118. The first-order chi connectivity index (χ1) is 11.3. The van der Waals surface area contributed by atoms with Crippen LogP contribution in [0, 0.1) is 5.82 Å². The summed E-state index contributed by atoms with van der Waals surface area (Å²) in [6, 6.07) is 12.8. The Morgan fingerprint density at radius 3 is 2.33 bits per heavy atom. The van der Waals surface area contributed by atoms with Gasteiger partial charge in [0.2, 0.25) is 5.91 Å². The minimum atomic E-state index is -0.708. The van der Waals surface area contributed by atoms with Crippen LogP contribution < -0.4 is 4.90 Å². The molecule has 1 aliphatic heterocycles. The molecular weight excluding hydrogens is 309 g/mol. The summed E-state index contributed by atoms with van der Waals surface area (Å²) >= 11 is 0. The Kier molecular flexibility index (Phi) is 3.87. The second-order valence-electron chi connectivity index (χ2n) is 6.70. The number of carbonyl (C=O) groups is 2. The number of halogens is 1. The number of anilines is 1. The number of benzene rings is 2. The fourth-order valence-corrected chi connectivity index (χ4v) is 2.79. The number of hydrogen-bond donors (Lipinski definition) is 0. The minimum absolute atomic E-state index is 0.374. The third-order valence-electron chi connectivity index (χ3n) is 3.74. The zero-order chi connectivity index (χ0) is 17.5. The molecule has 1 aliphatic rings. The molecule has 0 aliphatic carbocycles. The van der Waals surface area contributed by atoms with Crippen molar-refractivity contribution in [2.24, 2.45) is 0 Å². The van der Waals surface area contributed by atoms with Crippen molar-refractivity contribution < 1.29 is 18.7 Å². The third-order valence-corrected chi connectivity index (χ3v) is 3.74. The molecule has 2 aromatic carbocycles. The summed E-state index contributed by atoms with van der Waals surface area (Å²) in [5.74, 6) is -1.41. The summed E-state index contributed by atoms with van der Waals surface area (Å²) in [7, 11) is 0. The van der Waals surface area contributed by atoms with Gasteiger partial charge in [0.05, 0.1) is 11.6 Å². The average molecular weight is 327 g/mol. The number of nitrogens with zero attached hydrogens (tertiary/aromatic N) is 1. The van der Waals surface area contributed by atoms with Crippen molar-refractivity contribution in [2.45, 2.75) is 32.3 Å². The average Bonchev–Trinajstić information content (AvgIpc) is 2.78. The Morgan fingerprint density at radius 2 is 1.71 bits per heavy atom. The van der Waals surface area contributed by atoms with Gasteiger partial charge in [-0.3, -0.25) is 4.79 Å². The predicted molar refractivity (Wildman–Crippen MR) is 88.4 cm³/mol. The van der Waals surface area contributed by atoms with Gasteiger partial charge in [0.25, 0.3) is 0 Å². The molecule has 0 bridgehead atoms. The van der Waals surface area contributed by atoms with Gasteiger partial charge in [0.15, 0.2) is 0 Å². The van der Waals surface area contributed by atoms with Crippen molar-refractivity contribution in [1.29, 1.82) is 0 Å². The number of para-hydroxylation sites is 1. The molecule has 24 heavy (non-hydrogen) atoms. The summed E-state index contributed by atoms with van der Waals surface area (Å²) in [6.45, 7) is 5.23. The van der Waals surface area contributed by atoms with E-state index in [9.17, 15) is 14.0 Å². The van der Waals surface area contributed by atoms with E-state index >= 15 is 0 Å². The quantitative estimate of drug-likeness (QED) is 0.787. The Labute approximate surface area is 139 Å². The number of fused-ring (bicyclic) bond motifs is 1. The van der Waals surface area contributed by atoms with Gasteiger partial charge < -0.3 is 4.74 Å². The SMILES string of the molecule is CC(C)(C)OC(=O)N1C(=O)C(c2ccc(F)cc2)c2ccccc21. The van der Waals surface area contributed by atoms with Crippen molar-refractivity contribution in [1.82, 2.24) is 0 Å². The molecule has 124 valence electrons. The molecule has 0 saturated carbocycles. The topological polar surface area (TPSA) is 46.6 Å². The van der Waals surface area contributed by atoms with E-state index in [4.69, 9.17) is 4.74 Å². The van der Waals surface area contributed by atoms with E-state index in [0.717, 1.165) is 4.90 Å². The fourth-order valence-electron chi connectivity index (χ4n) is 2.79. The summed E-state index contributed by atoms with van der Waals surface area (Å²) in [4.78, 5) is 26.5. The minimum Gasteiger partial charge on any atom is -0.443 e. The second-order valence-corrected chi connectivity index (χ2v) is 6.70. The van der Waals surface area contributed by atoms with Crippen LogP contribution in [0.1, 0.15) is 37.8 Å². The number of hydrogen-bond acceptors (Lipinski definition) is 3. The van der Waals surface area contributed by atoms with Gasteiger partial charge in [-0.15, -0.1) is 0 Å². The Balaban J connectivity index is 2.04. The van der Waals surface area contributed by atoms with E-state index in [0.29, 0.717) is 16.8 Å². The molecule has 4 nitrogen and oxygen atoms in total. The van der Waals surface area contributed by atoms with Gasteiger partial charge in [-0.2, -0.15) is 0 Å². The highest BCUT2D eigenvalue weighted by atomic mass is 19.1. The summed E-state index contributed by atoms with van der Waals surface area (Å²) in [5.41, 5.74) is 1.14. The first-order valence-corrected chi connectivity index (χ1v) is 7.69. The maximum Gasteiger partial charge on any atom is 0.421 e. The van der Waals surface area contributed by atoms with Crippen molar-refractivity contribution >= 4 is 17.7 Å². The zero-order valence-corrected chi connectivity index (χ0v) is 13.7. The third kappa shape index (κ3) is 2.89. The lowest BCUT2D eigenvalue weighted by Gasteiger charge is -2.24. The molecule has 2 aromatic rings. The van der Waals surface area contributed by atoms with Gasteiger partial charge in [0, 0.05) is 0 Å². The molecule has 0 fully saturated rings. The molecule has 3 rings (SSSR count). The lowest BCUT2D eigenvalue weighted by atomic mass is 9.93. The summed E-state index contributed by atoms with van der Waals surface area (Å²) in [5, 5.41) is 0. The van der Waals surface area contributed by atoms with E-state index in [1.165, 1.54) is 12.1 Å². The Hall–Kier alpha value is -2.69. The molecule has 0 spiro atoms. The highest BCUT2D eigenvalue weighted by Crippen LogP contribution is 2.41. The van der Waals surface area contributed by atoms with Crippen LogP contribution >= 0.6 is 0 Å². The van der Waals surface area contributed by atoms with Crippen molar-refractivity contribution in [3.05, 3.63) is 65.5 Å². The van der Waals surface area contributed by atoms with Crippen LogP contribution in [0.4, 0.5) is 14.9 Å². The first kappa shape index (κ1) is 16.2. The first-order valence-electron chi connectivity index (χ1n) is 7.69. The molecule has 0 radical (unpaired) electrons. The van der Waals surface area contributed by atoms with Gasteiger partial charge in [0.1, 0.15) is 11.4 Å². The standard InChI is InChI=1S/C19H18FNO3/c1-19(2,3)24-18(23)21-15-7-5-4-6-14(15)16(17(21)22)12-8-10-13(20)11-9-12/h4-11,16H,1-3H3. The summed E-state index contributed by atoms with van der Waals surface area (Å²) < 4.78 is 18.5. The maximum absolute atomic E-state index is 13.2.